The van der Waals surface area contributed by atoms with Crippen LogP contribution in [-0.2, 0) is 4.79 Å². The lowest BCUT2D eigenvalue weighted by molar-refractivity contribution is -0.119. The zero-order chi connectivity index (χ0) is 28.6. The molecule has 42 heavy (non-hydrogen) atoms. The van der Waals surface area contributed by atoms with Crippen LogP contribution in [0, 0.1) is 11.7 Å². The Hall–Kier alpha value is -5.27. The normalized spacial score (nSPS) is 14.6. The first-order valence-corrected chi connectivity index (χ1v) is 13.9. The molecule has 1 fully saturated rings. The number of nitrogens with zero attached hydrogens (tertiary/aromatic N) is 3. The van der Waals surface area contributed by atoms with Crippen molar-refractivity contribution in [3.63, 3.8) is 0 Å². The van der Waals surface area contributed by atoms with E-state index in [0.717, 1.165) is 64.7 Å². The van der Waals surface area contributed by atoms with Gasteiger partial charge in [0.1, 0.15) is 17.3 Å². The van der Waals surface area contributed by atoms with Gasteiger partial charge in [0.2, 0.25) is 5.91 Å². The van der Waals surface area contributed by atoms with Crippen LogP contribution in [0.1, 0.15) is 42.5 Å². The maximum absolute atomic E-state index is 14.4. The Morgan fingerprint density at radius 1 is 1.07 bits per heavy atom. The molecular formula is C33H27FN6O2. The number of allylic oxidation sites excluding steroid dienone is 2. The van der Waals surface area contributed by atoms with E-state index in [9.17, 15) is 9.18 Å². The van der Waals surface area contributed by atoms with Gasteiger partial charge in [-0.15, -0.1) is 5.73 Å². The lowest BCUT2D eigenvalue weighted by Gasteiger charge is -2.11. The molecule has 8 nitrogen and oxygen atoms in total. The van der Waals surface area contributed by atoms with Crippen molar-refractivity contribution in [1.82, 2.24) is 25.1 Å². The summed E-state index contributed by atoms with van der Waals surface area (Å²) in [7, 11) is 1.52. The number of hydrogen-bond donors (Lipinski definition) is 3. The zero-order valence-corrected chi connectivity index (χ0v) is 22.9. The number of hydrogen-bond acceptors (Lipinski definition) is 5. The summed E-state index contributed by atoms with van der Waals surface area (Å²) in [6.45, 7) is 0. The molecule has 3 N–H and O–H groups in total. The third-order valence-electron chi connectivity index (χ3n) is 7.86. The highest BCUT2D eigenvalue weighted by atomic mass is 19.1. The van der Waals surface area contributed by atoms with Crippen molar-refractivity contribution in [2.45, 2.75) is 25.7 Å². The number of carbonyl (C=O) groups excluding carboxylic acids is 1. The summed E-state index contributed by atoms with van der Waals surface area (Å²) in [5.74, 6) is 0.182. The van der Waals surface area contributed by atoms with Crippen molar-refractivity contribution in [2.24, 2.45) is 5.92 Å². The second kappa shape index (κ2) is 10.6. The van der Waals surface area contributed by atoms with Gasteiger partial charge in [-0.05, 0) is 66.5 Å². The van der Waals surface area contributed by atoms with Crippen molar-refractivity contribution in [3.8, 4) is 28.4 Å². The number of amides is 1. The van der Waals surface area contributed by atoms with Crippen LogP contribution >= 0.6 is 0 Å². The number of carbonyl (C=O) groups is 1. The first-order valence-electron chi connectivity index (χ1n) is 13.9. The van der Waals surface area contributed by atoms with E-state index in [1.165, 1.54) is 19.2 Å². The average Bonchev–Trinajstić information content (AvgIpc) is 3.75. The van der Waals surface area contributed by atoms with Gasteiger partial charge in [-0.1, -0.05) is 12.8 Å². The number of aromatic nitrogens is 5. The number of fused-ring (bicyclic) bond motifs is 2. The van der Waals surface area contributed by atoms with Gasteiger partial charge < -0.3 is 15.0 Å². The Morgan fingerprint density at radius 3 is 2.81 bits per heavy atom. The minimum atomic E-state index is -0.376. The van der Waals surface area contributed by atoms with Gasteiger partial charge in [-0.3, -0.25) is 19.9 Å². The Balaban J connectivity index is 1.24. The standard InChI is InChI=1S/C33H27FN6O2/c1-42-24-12-20(10-22(34)13-24)25-8-4-5-9-28-26(25)14-30(38-28)32-27-15-29(36-18-31(27)39-40-32)21-11-23(17-35-16-21)37-33(41)19-6-2-3-7-19/h4,8-19,38H,2-3,6-7H2,1H3,(H,37,41)(H,39,40). The highest BCUT2D eigenvalue weighted by molar-refractivity contribution is 5.97. The van der Waals surface area contributed by atoms with E-state index < -0.39 is 0 Å². The molecule has 9 heteroatoms. The maximum Gasteiger partial charge on any atom is 0.227 e. The van der Waals surface area contributed by atoms with Gasteiger partial charge in [0.05, 0.1) is 47.8 Å². The minimum Gasteiger partial charge on any atom is -0.497 e. The second-order valence-corrected chi connectivity index (χ2v) is 10.6. The van der Waals surface area contributed by atoms with Crippen molar-refractivity contribution in [2.75, 3.05) is 12.4 Å². The molecule has 4 heterocycles. The summed E-state index contributed by atoms with van der Waals surface area (Å²) in [5.41, 5.74) is 10.8. The predicted octanol–water partition coefficient (Wildman–Crippen LogP) is 6.91. The van der Waals surface area contributed by atoms with Crippen molar-refractivity contribution in [1.29, 1.82) is 0 Å². The van der Waals surface area contributed by atoms with Crippen LogP contribution in [0.2, 0.25) is 0 Å². The topological polar surface area (TPSA) is 109 Å². The molecule has 0 spiro atoms. The molecule has 0 bridgehead atoms. The second-order valence-electron chi connectivity index (χ2n) is 10.6. The molecule has 1 aromatic carbocycles. The van der Waals surface area contributed by atoms with E-state index in [2.05, 4.69) is 36.2 Å². The van der Waals surface area contributed by atoms with Gasteiger partial charge in [0.25, 0.3) is 0 Å². The number of H-pyrrole nitrogens is 2. The zero-order valence-electron chi connectivity index (χ0n) is 22.9. The maximum atomic E-state index is 14.4. The lowest BCUT2D eigenvalue weighted by Crippen LogP contribution is -2.20. The van der Waals surface area contributed by atoms with Crippen LogP contribution in [-0.4, -0.2) is 38.2 Å². The van der Waals surface area contributed by atoms with Crippen LogP contribution in [0.5, 0.6) is 5.75 Å². The highest BCUT2D eigenvalue weighted by Crippen LogP contribution is 2.36. The molecular weight excluding hydrogens is 531 g/mol. The number of aromatic amines is 2. The molecule has 7 rings (SSSR count). The smallest absolute Gasteiger partial charge is 0.227 e. The van der Waals surface area contributed by atoms with Crippen LogP contribution in [0.3, 0.4) is 0 Å². The van der Waals surface area contributed by atoms with Gasteiger partial charge in [-0.25, -0.2) is 4.39 Å². The van der Waals surface area contributed by atoms with Gasteiger partial charge in [-0.2, -0.15) is 5.10 Å². The highest BCUT2D eigenvalue weighted by Gasteiger charge is 2.23. The summed E-state index contributed by atoms with van der Waals surface area (Å²) in [5, 5.41) is 11.6. The minimum absolute atomic E-state index is 0.0486. The summed E-state index contributed by atoms with van der Waals surface area (Å²) in [4.78, 5) is 25.1. The molecule has 0 saturated heterocycles. The van der Waals surface area contributed by atoms with Crippen LogP contribution in [0.15, 0.2) is 72.9 Å². The summed E-state index contributed by atoms with van der Waals surface area (Å²) in [6, 6.07) is 10.5. The Kier molecular flexibility index (Phi) is 6.49. The largest absolute Gasteiger partial charge is 0.497 e. The summed E-state index contributed by atoms with van der Waals surface area (Å²) < 4.78 is 19.7. The van der Waals surface area contributed by atoms with E-state index in [0.29, 0.717) is 28.4 Å². The quantitative estimate of drug-likeness (QED) is 0.196. The number of anilines is 1. The Labute approximate surface area is 241 Å². The van der Waals surface area contributed by atoms with E-state index >= 15 is 0 Å². The number of methoxy groups -OCH3 is 1. The molecule has 0 atom stereocenters. The monoisotopic (exact) mass is 558 g/mol. The number of ether oxygens (including phenoxy) is 1. The van der Waals surface area contributed by atoms with Crippen LogP contribution in [0.25, 0.3) is 45.2 Å². The fourth-order valence-electron chi connectivity index (χ4n) is 5.74. The van der Waals surface area contributed by atoms with E-state index in [4.69, 9.17) is 4.74 Å². The Bertz CT molecular complexity index is 1940. The molecule has 1 amide bonds. The third kappa shape index (κ3) is 4.80. The summed E-state index contributed by atoms with van der Waals surface area (Å²) >= 11 is 0. The van der Waals surface area contributed by atoms with Crippen molar-refractivity contribution >= 4 is 34.1 Å². The number of rotatable bonds is 6. The fraction of sp³-hybridized carbons (Fsp3) is 0.182. The number of halogens is 1. The molecule has 2 aliphatic rings. The molecule has 0 radical (unpaired) electrons. The lowest BCUT2D eigenvalue weighted by atomic mass is 9.97. The Morgan fingerprint density at radius 2 is 1.95 bits per heavy atom. The third-order valence-corrected chi connectivity index (χ3v) is 7.86. The fourth-order valence-corrected chi connectivity index (χ4v) is 5.74. The first kappa shape index (κ1) is 25.7. The molecule has 1 saturated carbocycles. The van der Waals surface area contributed by atoms with Gasteiger partial charge in [0, 0.05) is 40.8 Å². The van der Waals surface area contributed by atoms with Crippen LogP contribution in [0.4, 0.5) is 10.1 Å². The molecule has 4 aromatic heterocycles. The number of pyridine rings is 2. The first-order chi connectivity index (χ1) is 20.6. The van der Waals surface area contributed by atoms with Crippen molar-refractivity contribution in [3.05, 3.63) is 95.5 Å². The summed E-state index contributed by atoms with van der Waals surface area (Å²) in [6.07, 6.45) is 14.8. The SMILES string of the molecule is COc1cc(F)cc(C2=CC=C=Cc3[nH]c(-c4n[nH]c5cnc(-c6cncc(NC(=O)C7CCCC7)c6)cc45)cc32)c1. The van der Waals surface area contributed by atoms with E-state index in [1.54, 1.807) is 24.7 Å². The number of benzene rings is 1. The van der Waals surface area contributed by atoms with Crippen molar-refractivity contribution < 1.29 is 13.9 Å². The molecule has 5 aromatic rings. The van der Waals surface area contributed by atoms with Crippen LogP contribution < -0.4 is 10.1 Å². The van der Waals surface area contributed by atoms with Gasteiger partial charge in [0.15, 0.2) is 0 Å². The van der Waals surface area contributed by atoms with Gasteiger partial charge >= 0.3 is 0 Å². The predicted molar refractivity (Wildman–Crippen MR) is 160 cm³/mol. The molecule has 0 aliphatic heterocycles. The average molecular weight is 559 g/mol. The van der Waals surface area contributed by atoms with E-state index in [1.807, 2.05) is 36.4 Å². The number of nitrogens with one attached hydrogen (secondary N) is 3. The molecule has 0 unspecified atom stereocenters. The molecule has 208 valence electrons. The molecule has 2 aliphatic carbocycles. The van der Waals surface area contributed by atoms with E-state index in [-0.39, 0.29) is 17.6 Å².